The average molecular weight is 891 g/mol. The SMILES string of the molecule is C[Si](C)(C)c1ccc(-c2[c-]cccc2)nc1.[2H]C([2H])([2H])c1cnc(-c2[c-]ccc3c2oc2c3ccc3ccc4ccccc4c32)cc1C1([2H])CCC(C)(C)CC1.[Ir]. The number of hydrogen-bond acceptors (Lipinski definition) is 3. The largest absolute Gasteiger partial charge is 0.500 e. The molecule has 1 aliphatic carbocycles. The van der Waals surface area contributed by atoms with E-state index in [0.717, 1.165) is 62.0 Å². The van der Waals surface area contributed by atoms with Gasteiger partial charge >= 0.3 is 0 Å². The summed E-state index contributed by atoms with van der Waals surface area (Å²) in [6.07, 6.45) is 6.45. The third-order valence-corrected chi connectivity index (χ3v) is 12.7. The van der Waals surface area contributed by atoms with Gasteiger partial charge in [-0.05, 0) is 87.7 Å². The molecule has 0 amide bonds. The van der Waals surface area contributed by atoms with Crippen molar-refractivity contribution in [2.24, 2.45) is 5.41 Å². The summed E-state index contributed by atoms with van der Waals surface area (Å²) in [5.41, 5.74) is 5.68. The van der Waals surface area contributed by atoms with Crippen molar-refractivity contribution >= 4 is 56.7 Å². The maximum absolute atomic E-state index is 9.42. The van der Waals surface area contributed by atoms with E-state index in [1.807, 2.05) is 60.8 Å². The third-order valence-electron chi connectivity index (χ3n) is 10.7. The number of nitrogens with zero attached hydrogens (tertiary/aromatic N) is 2. The van der Waals surface area contributed by atoms with E-state index in [1.54, 1.807) is 0 Å². The molecule has 0 saturated heterocycles. The predicted molar refractivity (Wildman–Crippen MR) is 222 cm³/mol. The molecule has 1 saturated carbocycles. The zero-order valence-electron chi connectivity index (χ0n) is 34.9. The minimum Gasteiger partial charge on any atom is -0.500 e. The molecule has 53 heavy (non-hydrogen) atoms. The molecule has 3 aromatic heterocycles. The van der Waals surface area contributed by atoms with Gasteiger partial charge < -0.3 is 14.4 Å². The summed E-state index contributed by atoms with van der Waals surface area (Å²) >= 11 is 0. The van der Waals surface area contributed by atoms with E-state index in [4.69, 9.17) is 8.53 Å². The van der Waals surface area contributed by atoms with E-state index in [9.17, 15) is 1.37 Å². The van der Waals surface area contributed by atoms with Gasteiger partial charge in [-0.2, -0.15) is 0 Å². The Balaban J connectivity index is 0.000000246. The van der Waals surface area contributed by atoms with Crippen LogP contribution in [0.25, 0.3) is 66.0 Å². The Kier molecular flexibility index (Phi) is 8.94. The number of aromatic nitrogens is 2. The van der Waals surface area contributed by atoms with Gasteiger partial charge in [-0.3, -0.25) is 0 Å². The first-order valence-electron chi connectivity index (χ1n) is 20.2. The van der Waals surface area contributed by atoms with Crippen LogP contribution < -0.4 is 5.19 Å². The Morgan fingerprint density at radius 3 is 2.23 bits per heavy atom. The van der Waals surface area contributed by atoms with E-state index in [1.165, 1.54) is 11.4 Å². The molecule has 0 unspecified atom stereocenters. The van der Waals surface area contributed by atoms with Gasteiger partial charge in [0.25, 0.3) is 0 Å². The maximum atomic E-state index is 9.42. The first-order valence-corrected chi connectivity index (χ1v) is 21.7. The second-order valence-corrected chi connectivity index (χ2v) is 20.9. The Hall–Kier alpha value is -4.41. The van der Waals surface area contributed by atoms with Gasteiger partial charge in [0.1, 0.15) is 5.58 Å². The minimum atomic E-state index is -2.35. The molecule has 269 valence electrons. The second kappa shape index (κ2) is 14.8. The van der Waals surface area contributed by atoms with Crippen LogP contribution in [-0.2, 0) is 20.1 Å². The third kappa shape index (κ3) is 7.40. The number of pyridine rings is 2. The van der Waals surface area contributed by atoms with Gasteiger partial charge in [0.05, 0.1) is 13.7 Å². The monoisotopic (exact) mass is 891 g/mol. The van der Waals surface area contributed by atoms with Crippen LogP contribution in [0.5, 0.6) is 0 Å². The van der Waals surface area contributed by atoms with Gasteiger partial charge in [0.2, 0.25) is 0 Å². The number of benzene rings is 5. The number of furan rings is 1. The molecule has 1 radical (unpaired) electrons. The summed E-state index contributed by atoms with van der Waals surface area (Å²) in [6.45, 7) is 9.09. The molecule has 5 heteroatoms. The molecule has 5 aromatic carbocycles. The molecule has 3 heterocycles. The molecule has 8 aromatic rings. The number of hydrogen-bond donors (Lipinski definition) is 0. The normalized spacial score (nSPS) is 16.5. The van der Waals surface area contributed by atoms with Crippen molar-refractivity contribution in [3.63, 3.8) is 0 Å². The molecular weight excluding hydrogens is 841 g/mol. The van der Waals surface area contributed by atoms with Gasteiger partial charge in [-0.25, -0.2) is 0 Å². The zero-order valence-corrected chi connectivity index (χ0v) is 34.3. The first kappa shape index (κ1) is 32.1. The van der Waals surface area contributed by atoms with Gasteiger partial charge in [0.15, 0.2) is 0 Å². The van der Waals surface area contributed by atoms with Crippen molar-refractivity contribution in [1.82, 2.24) is 9.97 Å². The summed E-state index contributed by atoms with van der Waals surface area (Å²) in [4.78, 5) is 9.15. The van der Waals surface area contributed by atoms with Crippen LogP contribution in [0, 0.1) is 24.4 Å². The molecule has 0 spiro atoms. The van der Waals surface area contributed by atoms with Crippen molar-refractivity contribution in [2.45, 2.75) is 71.9 Å². The van der Waals surface area contributed by atoms with E-state index in [0.29, 0.717) is 35.2 Å². The summed E-state index contributed by atoms with van der Waals surface area (Å²) in [5, 5.41) is 7.83. The van der Waals surface area contributed by atoms with E-state index in [-0.39, 0.29) is 31.1 Å². The molecule has 3 nitrogen and oxygen atoms in total. The molecule has 0 aliphatic heterocycles. The fourth-order valence-corrected chi connectivity index (χ4v) is 8.44. The number of rotatable bonds is 4. The van der Waals surface area contributed by atoms with Crippen molar-refractivity contribution in [3.05, 3.63) is 139 Å². The quantitative estimate of drug-likeness (QED) is 0.100. The number of fused-ring (bicyclic) bond motifs is 7. The summed E-state index contributed by atoms with van der Waals surface area (Å²) in [6, 6.07) is 41.3. The molecule has 0 atom stereocenters. The summed E-state index contributed by atoms with van der Waals surface area (Å²) < 4.78 is 40.7. The Bertz CT molecular complexity index is 2710. The summed E-state index contributed by atoms with van der Waals surface area (Å²) in [7, 11) is -1.23. The van der Waals surface area contributed by atoms with E-state index >= 15 is 0 Å². The second-order valence-electron chi connectivity index (χ2n) is 15.9. The van der Waals surface area contributed by atoms with Crippen LogP contribution in [0.3, 0.4) is 0 Å². The predicted octanol–water partition coefficient (Wildman–Crippen LogP) is 12.8. The van der Waals surface area contributed by atoms with Crippen LogP contribution in [0.15, 0.2) is 120 Å². The van der Waals surface area contributed by atoms with Crippen LogP contribution in [0.1, 0.15) is 62.0 Å². The van der Waals surface area contributed by atoms with E-state index < -0.39 is 20.8 Å². The molecule has 9 rings (SSSR count). The Morgan fingerprint density at radius 1 is 0.755 bits per heavy atom. The van der Waals surface area contributed by atoms with Crippen LogP contribution in [0.4, 0.5) is 0 Å². The molecular formula is C48H46IrN2OSi-2. The zero-order chi connectivity index (χ0) is 39.5. The molecule has 1 aliphatic rings. The fourth-order valence-electron chi connectivity index (χ4n) is 7.41. The smallest absolute Gasteiger partial charge is 0.129 e. The maximum Gasteiger partial charge on any atom is 0.129 e. The van der Waals surface area contributed by atoms with Crippen molar-refractivity contribution in [2.75, 3.05) is 0 Å². The van der Waals surface area contributed by atoms with Crippen LogP contribution in [-0.4, -0.2) is 18.0 Å². The minimum absolute atomic E-state index is 0. The van der Waals surface area contributed by atoms with Crippen LogP contribution >= 0.6 is 0 Å². The van der Waals surface area contributed by atoms with Gasteiger partial charge in [0, 0.05) is 48.8 Å². The van der Waals surface area contributed by atoms with Crippen LogP contribution in [0.2, 0.25) is 19.6 Å². The molecule has 0 bridgehead atoms. The van der Waals surface area contributed by atoms with E-state index in [2.05, 4.69) is 104 Å². The standard InChI is InChI=1S/C34H30NO.C14H16NSi.Ir/c1-21-20-35-30(19-29(21)23-15-17-34(2,3)18-16-23)28-10-6-9-26-27-14-13-24-12-11-22-7-4-5-8-25(22)31(24)33(27)36-32(26)28;1-16(2,3)13-9-10-14(15-11-13)12-7-5-4-6-8-12;/h4-9,11-14,19-20,23H,15-18H2,1-3H3;4-7,9-11H,1-3H3;/q2*-1;/i1D3,23D;;. The van der Waals surface area contributed by atoms with Crippen molar-refractivity contribution in [1.29, 1.82) is 0 Å². The molecule has 0 N–H and O–H groups in total. The topological polar surface area (TPSA) is 38.9 Å². The van der Waals surface area contributed by atoms with Gasteiger partial charge in [-0.15, -0.1) is 54.1 Å². The van der Waals surface area contributed by atoms with Crippen molar-refractivity contribution < 1.29 is 30.0 Å². The Labute approximate surface area is 333 Å². The molecule has 1 fully saturated rings. The Morgan fingerprint density at radius 2 is 1.49 bits per heavy atom. The average Bonchev–Trinajstić information content (AvgIpc) is 3.58. The summed E-state index contributed by atoms with van der Waals surface area (Å²) in [5.74, 6) is -0.978. The van der Waals surface area contributed by atoms with Gasteiger partial charge in [-0.1, -0.05) is 111 Å². The number of aryl methyl sites for hydroxylation is 1. The fraction of sp³-hybridized carbons (Fsp3) is 0.250. The first-order chi connectivity index (χ1) is 26.6. The van der Waals surface area contributed by atoms with Crippen molar-refractivity contribution in [3.8, 4) is 22.5 Å².